The molecule has 3 rings (SSSR count). The minimum atomic E-state index is -0.385. The van der Waals surface area contributed by atoms with E-state index in [1.807, 2.05) is 18.2 Å². The van der Waals surface area contributed by atoms with Crippen molar-refractivity contribution in [1.29, 1.82) is 0 Å². The Balaban J connectivity index is 1.67. The van der Waals surface area contributed by atoms with Gasteiger partial charge in [0.2, 0.25) is 0 Å². The van der Waals surface area contributed by atoms with E-state index in [4.69, 9.17) is 0 Å². The Kier molecular flexibility index (Phi) is 3.83. The average molecular weight is 285 g/mol. The second-order valence-corrected chi connectivity index (χ2v) is 5.00. The molecule has 0 radical (unpaired) electrons. The molecule has 5 heteroatoms. The molecule has 3 N–H and O–H groups in total. The van der Waals surface area contributed by atoms with E-state index >= 15 is 0 Å². The summed E-state index contributed by atoms with van der Waals surface area (Å²) in [6, 6.07) is 11.3. The monoisotopic (exact) mass is 285 g/mol. The van der Waals surface area contributed by atoms with Crippen LogP contribution in [0.4, 0.5) is 20.6 Å². The number of nitrogens with one attached hydrogen (secondary N) is 3. The quantitative estimate of drug-likeness (QED) is 0.794. The molecule has 0 saturated heterocycles. The largest absolute Gasteiger partial charge is 0.323 e. The molecule has 108 valence electrons. The van der Waals surface area contributed by atoms with Gasteiger partial charge < -0.3 is 16.0 Å². The number of anilines is 2. The van der Waals surface area contributed by atoms with Gasteiger partial charge in [0.1, 0.15) is 5.82 Å². The van der Waals surface area contributed by atoms with Gasteiger partial charge in [0.15, 0.2) is 0 Å². The van der Waals surface area contributed by atoms with Crippen molar-refractivity contribution in [1.82, 2.24) is 5.32 Å². The molecule has 1 heterocycles. The van der Waals surface area contributed by atoms with Crippen LogP contribution in [0.15, 0.2) is 42.5 Å². The minimum absolute atomic E-state index is 0.382. The van der Waals surface area contributed by atoms with E-state index in [0.29, 0.717) is 5.69 Å². The SMILES string of the molecule is O=C(Nc1cccc(F)c1)Nc1ccc2c(c1)CNCC2. The van der Waals surface area contributed by atoms with Gasteiger partial charge in [0, 0.05) is 17.9 Å². The zero-order valence-electron chi connectivity index (χ0n) is 11.4. The van der Waals surface area contributed by atoms with Crippen molar-refractivity contribution in [2.24, 2.45) is 0 Å². The number of fused-ring (bicyclic) bond motifs is 1. The summed E-state index contributed by atoms with van der Waals surface area (Å²) in [5.41, 5.74) is 3.66. The van der Waals surface area contributed by atoms with Crippen molar-refractivity contribution in [3.05, 3.63) is 59.4 Å². The lowest BCUT2D eigenvalue weighted by Crippen LogP contribution is -2.24. The number of carbonyl (C=O) groups excluding carboxylic acids is 1. The zero-order chi connectivity index (χ0) is 14.7. The van der Waals surface area contributed by atoms with E-state index in [1.54, 1.807) is 12.1 Å². The number of rotatable bonds is 2. The molecule has 0 unspecified atom stereocenters. The van der Waals surface area contributed by atoms with Crippen LogP contribution < -0.4 is 16.0 Å². The van der Waals surface area contributed by atoms with Gasteiger partial charge in [0.25, 0.3) is 0 Å². The maximum atomic E-state index is 13.1. The van der Waals surface area contributed by atoms with Crippen LogP contribution in [0.25, 0.3) is 0 Å². The lowest BCUT2D eigenvalue weighted by Gasteiger charge is -2.18. The summed E-state index contributed by atoms with van der Waals surface area (Å²) in [5.74, 6) is -0.382. The molecule has 0 atom stereocenters. The molecule has 0 aromatic heterocycles. The highest BCUT2D eigenvalue weighted by Gasteiger charge is 2.10. The Morgan fingerprint density at radius 1 is 1.05 bits per heavy atom. The van der Waals surface area contributed by atoms with Crippen LogP contribution in [-0.2, 0) is 13.0 Å². The molecule has 0 spiro atoms. The van der Waals surface area contributed by atoms with Crippen LogP contribution in [0, 0.1) is 5.82 Å². The van der Waals surface area contributed by atoms with E-state index in [1.165, 1.54) is 23.3 Å². The van der Waals surface area contributed by atoms with Gasteiger partial charge in [-0.2, -0.15) is 0 Å². The highest BCUT2D eigenvalue weighted by atomic mass is 19.1. The van der Waals surface area contributed by atoms with Gasteiger partial charge in [-0.25, -0.2) is 9.18 Å². The molecule has 0 aliphatic carbocycles. The first kappa shape index (κ1) is 13.6. The fourth-order valence-electron chi connectivity index (χ4n) is 2.42. The molecule has 2 aromatic carbocycles. The fraction of sp³-hybridized carbons (Fsp3) is 0.188. The standard InChI is InChI=1S/C16H16FN3O/c17-13-2-1-3-14(9-13)19-16(21)20-15-5-4-11-6-7-18-10-12(11)8-15/h1-5,8-9,18H,6-7,10H2,(H2,19,20,21). The number of hydrogen-bond donors (Lipinski definition) is 3. The lowest BCUT2D eigenvalue weighted by atomic mass is 10.0. The Bertz CT molecular complexity index is 672. The smallest absolute Gasteiger partial charge is 0.312 e. The third-order valence-electron chi connectivity index (χ3n) is 3.43. The Labute approximate surface area is 122 Å². The normalized spacial score (nSPS) is 13.4. The summed E-state index contributed by atoms with van der Waals surface area (Å²) in [6.45, 7) is 1.80. The van der Waals surface area contributed by atoms with Gasteiger partial charge in [-0.15, -0.1) is 0 Å². The first-order chi connectivity index (χ1) is 10.2. The van der Waals surface area contributed by atoms with Gasteiger partial charge in [-0.3, -0.25) is 0 Å². The van der Waals surface area contributed by atoms with Gasteiger partial charge >= 0.3 is 6.03 Å². The van der Waals surface area contributed by atoms with Crippen molar-refractivity contribution in [2.75, 3.05) is 17.2 Å². The predicted molar refractivity (Wildman–Crippen MR) is 80.9 cm³/mol. The Morgan fingerprint density at radius 3 is 2.67 bits per heavy atom. The topological polar surface area (TPSA) is 53.2 Å². The van der Waals surface area contributed by atoms with Crippen LogP contribution in [0.3, 0.4) is 0 Å². The van der Waals surface area contributed by atoms with Gasteiger partial charge in [-0.1, -0.05) is 12.1 Å². The Morgan fingerprint density at radius 2 is 1.86 bits per heavy atom. The predicted octanol–water partition coefficient (Wildman–Crippen LogP) is 3.12. The lowest BCUT2D eigenvalue weighted by molar-refractivity contribution is 0.262. The van der Waals surface area contributed by atoms with Crippen molar-refractivity contribution >= 4 is 17.4 Å². The van der Waals surface area contributed by atoms with Gasteiger partial charge in [0.05, 0.1) is 0 Å². The fourth-order valence-corrected chi connectivity index (χ4v) is 2.42. The van der Waals surface area contributed by atoms with E-state index in [2.05, 4.69) is 16.0 Å². The molecule has 0 fully saturated rings. The number of benzene rings is 2. The molecule has 1 aliphatic rings. The number of carbonyl (C=O) groups is 1. The summed E-state index contributed by atoms with van der Waals surface area (Å²) in [5, 5.41) is 8.66. The van der Waals surface area contributed by atoms with Crippen LogP contribution in [0.5, 0.6) is 0 Å². The van der Waals surface area contributed by atoms with Crippen molar-refractivity contribution in [3.63, 3.8) is 0 Å². The summed E-state index contributed by atoms with van der Waals surface area (Å²) >= 11 is 0. The van der Waals surface area contributed by atoms with Crippen molar-refractivity contribution in [3.8, 4) is 0 Å². The second-order valence-electron chi connectivity index (χ2n) is 5.00. The summed E-state index contributed by atoms with van der Waals surface area (Å²) in [7, 11) is 0. The third-order valence-corrected chi connectivity index (χ3v) is 3.43. The van der Waals surface area contributed by atoms with Crippen LogP contribution in [0.2, 0.25) is 0 Å². The summed E-state index contributed by atoms with van der Waals surface area (Å²) in [6.07, 6.45) is 1.01. The average Bonchev–Trinajstić information content (AvgIpc) is 2.47. The number of urea groups is 1. The molecule has 0 saturated carbocycles. The van der Waals surface area contributed by atoms with Crippen LogP contribution >= 0.6 is 0 Å². The van der Waals surface area contributed by atoms with E-state index in [9.17, 15) is 9.18 Å². The summed E-state index contributed by atoms with van der Waals surface area (Å²) < 4.78 is 13.1. The maximum absolute atomic E-state index is 13.1. The molecule has 0 bridgehead atoms. The first-order valence-electron chi connectivity index (χ1n) is 6.87. The molecule has 21 heavy (non-hydrogen) atoms. The van der Waals surface area contributed by atoms with E-state index < -0.39 is 0 Å². The maximum Gasteiger partial charge on any atom is 0.323 e. The van der Waals surface area contributed by atoms with Crippen LogP contribution in [0.1, 0.15) is 11.1 Å². The highest BCUT2D eigenvalue weighted by Crippen LogP contribution is 2.19. The number of halogens is 1. The summed E-state index contributed by atoms with van der Waals surface area (Å²) in [4.78, 5) is 11.9. The zero-order valence-corrected chi connectivity index (χ0v) is 11.4. The first-order valence-corrected chi connectivity index (χ1v) is 6.87. The Hall–Kier alpha value is -2.40. The molecule has 2 aromatic rings. The molecule has 4 nitrogen and oxygen atoms in total. The number of amides is 2. The molecular formula is C16H16FN3O. The minimum Gasteiger partial charge on any atom is -0.312 e. The van der Waals surface area contributed by atoms with Crippen molar-refractivity contribution in [2.45, 2.75) is 13.0 Å². The highest BCUT2D eigenvalue weighted by molar-refractivity contribution is 5.99. The number of hydrogen-bond acceptors (Lipinski definition) is 2. The van der Waals surface area contributed by atoms with E-state index in [0.717, 1.165) is 25.2 Å². The van der Waals surface area contributed by atoms with Gasteiger partial charge in [-0.05, 0) is 54.4 Å². The second kappa shape index (κ2) is 5.93. The molecule has 2 amide bonds. The third kappa shape index (κ3) is 3.38. The van der Waals surface area contributed by atoms with Crippen molar-refractivity contribution < 1.29 is 9.18 Å². The molecule has 1 aliphatic heterocycles. The van der Waals surface area contributed by atoms with E-state index in [-0.39, 0.29) is 11.8 Å². The molecular weight excluding hydrogens is 269 g/mol. The van der Waals surface area contributed by atoms with Crippen LogP contribution in [-0.4, -0.2) is 12.6 Å².